The summed E-state index contributed by atoms with van der Waals surface area (Å²) in [5.74, 6) is 1.32. The Bertz CT molecular complexity index is 629. The molecular formula is C17H18O4. The van der Waals surface area contributed by atoms with Gasteiger partial charge in [0.15, 0.2) is 0 Å². The van der Waals surface area contributed by atoms with Crippen LogP contribution in [0.15, 0.2) is 36.4 Å². The molecular weight excluding hydrogens is 268 g/mol. The van der Waals surface area contributed by atoms with E-state index in [1.165, 1.54) is 5.56 Å². The number of aliphatic hydroxyl groups excluding tert-OH is 1. The highest BCUT2D eigenvalue weighted by atomic mass is 16.5. The number of hydrogen-bond acceptors (Lipinski definition) is 4. The zero-order valence-corrected chi connectivity index (χ0v) is 12.1. The number of rotatable bonds is 4. The lowest BCUT2D eigenvalue weighted by molar-refractivity contribution is 0.134. The Morgan fingerprint density at radius 1 is 0.905 bits per heavy atom. The Balaban J connectivity index is 1.96. The smallest absolute Gasteiger partial charge is 0.122 e. The van der Waals surface area contributed by atoms with E-state index in [2.05, 4.69) is 0 Å². The van der Waals surface area contributed by atoms with Crippen LogP contribution >= 0.6 is 0 Å². The van der Waals surface area contributed by atoms with Crippen molar-refractivity contribution in [2.24, 2.45) is 0 Å². The van der Waals surface area contributed by atoms with Crippen LogP contribution in [0.25, 0.3) is 0 Å². The molecule has 1 atom stereocenters. The number of ether oxygens (including phenoxy) is 3. The normalized spacial score (nSPS) is 14.6. The predicted molar refractivity (Wildman–Crippen MR) is 78.5 cm³/mol. The van der Waals surface area contributed by atoms with Gasteiger partial charge in [0.1, 0.15) is 17.6 Å². The standard InChI is InChI=1S/C17H18O4/c1-19-15-6-13(7-16(8-15)20-2)17(18)11-3-4-12-9-21-10-14(12)5-11/h3-8,17-18H,9-10H2,1-2H3. The predicted octanol–water partition coefficient (Wildman–Crippen LogP) is 2.82. The molecule has 0 spiro atoms. The number of benzene rings is 2. The fraction of sp³-hybridized carbons (Fsp3) is 0.294. The van der Waals surface area contributed by atoms with Gasteiger partial charge in [-0.05, 0) is 34.4 Å². The molecule has 0 saturated heterocycles. The van der Waals surface area contributed by atoms with E-state index >= 15 is 0 Å². The SMILES string of the molecule is COc1cc(OC)cc(C(O)c2ccc3c(c2)COC3)c1. The summed E-state index contributed by atoms with van der Waals surface area (Å²) in [6.45, 7) is 1.26. The largest absolute Gasteiger partial charge is 0.497 e. The molecule has 1 aliphatic rings. The lowest BCUT2D eigenvalue weighted by atomic mass is 9.97. The van der Waals surface area contributed by atoms with Gasteiger partial charge in [-0.15, -0.1) is 0 Å². The van der Waals surface area contributed by atoms with Crippen molar-refractivity contribution in [1.82, 2.24) is 0 Å². The summed E-state index contributed by atoms with van der Waals surface area (Å²) in [7, 11) is 3.19. The van der Waals surface area contributed by atoms with E-state index in [1.807, 2.05) is 30.3 Å². The van der Waals surface area contributed by atoms with Crippen LogP contribution < -0.4 is 9.47 Å². The van der Waals surface area contributed by atoms with Gasteiger partial charge in [-0.1, -0.05) is 18.2 Å². The molecule has 1 unspecified atom stereocenters. The molecule has 1 aliphatic heterocycles. The van der Waals surface area contributed by atoms with Crippen LogP contribution in [0.5, 0.6) is 11.5 Å². The summed E-state index contributed by atoms with van der Waals surface area (Å²) >= 11 is 0. The van der Waals surface area contributed by atoms with Crippen molar-refractivity contribution in [3.05, 3.63) is 58.7 Å². The first-order chi connectivity index (χ1) is 10.2. The average molecular weight is 286 g/mol. The van der Waals surface area contributed by atoms with Crippen molar-refractivity contribution >= 4 is 0 Å². The van der Waals surface area contributed by atoms with E-state index in [9.17, 15) is 5.11 Å². The second kappa shape index (κ2) is 5.76. The minimum atomic E-state index is -0.722. The van der Waals surface area contributed by atoms with E-state index in [-0.39, 0.29) is 0 Å². The fourth-order valence-electron chi connectivity index (χ4n) is 2.54. The molecule has 0 fully saturated rings. The maximum atomic E-state index is 10.6. The maximum Gasteiger partial charge on any atom is 0.122 e. The zero-order chi connectivity index (χ0) is 14.8. The molecule has 21 heavy (non-hydrogen) atoms. The molecule has 0 bridgehead atoms. The fourth-order valence-corrected chi connectivity index (χ4v) is 2.54. The molecule has 0 radical (unpaired) electrons. The minimum absolute atomic E-state index is 0.608. The lowest BCUT2D eigenvalue weighted by Gasteiger charge is -2.15. The van der Waals surface area contributed by atoms with Crippen molar-refractivity contribution in [1.29, 1.82) is 0 Å². The van der Waals surface area contributed by atoms with Crippen molar-refractivity contribution < 1.29 is 19.3 Å². The molecule has 4 nitrogen and oxygen atoms in total. The third kappa shape index (κ3) is 2.73. The number of methoxy groups -OCH3 is 2. The van der Waals surface area contributed by atoms with Crippen LogP contribution in [0.1, 0.15) is 28.4 Å². The Morgan fingerprint density at radius 2 is 1.57 bits per heavy atom. The molecule has 4 heteroatoms. The molecule has 0 aromatic heterocycles. The molecule has 0 amide bonds. The van der Waals surface area contributed by atoms with Gasteiger partial charge in [0.05, 0.1) is 27.4 Å². The van der Waals surface area contributed by atoms with Crippen LogP contribution in [-0.2, 0) is 18.0 Å². The molecule has 1 N–H and O–H groups in total. The molecule has 2 aromatic rings. The molecule has 110 valence electrons. The summed E-state index contributed by atoms with van der Waals surface area (Å²) in [5, 5.41) is 10.6. The van der Waals surface area contributed by atoms with E-state index in [1.54, 1.807) is 20.3 Å². The highest BCUT2D eigenvalue weighted by molar-refractivity contribution is 5.43. The first kappa shape index (κ1) is 13.9. The van der Waals surface area contributed by atoms with Gasteiger partial charge in [0.25, 0.3) is 0 Å². The van der Waals surface area contributed by atoms with Crippen molar-refractivity contribution in [3.63, 3.8) is 0 Å². The van der Waals surface area contributed by atoms with E-state index in [0.29, 0.717) is 24.7 Å². The first-order valence-electron chi connectivity index (χ1n) is 6.81. The number of hydrogen-bond donors (Lipinski definition) is 1. The number of fused-ring (bicyclic) bond motifs is 1. The van der Waals surface area contributed by atoms with Crippen LogP contribution in [0.4, 0.5) is 0 Å². The van der Waals surface area contributed by atoms with E-state index < -0.39 is 6.10 Å². The van der Waals surface area contributed by atoms with Crippen molar-refractivity contribution in [2.45, 2.75) is 19.3 Å². The van der Waals surface area contributed by atoms with Gasteiger partial charge >= 0.3 is 0 Å². The summed E-state index contributed by atoms with van der Waals surface area (Å²) in [6.07, 6.45) is -0.722. The maximum absolute atomic E-state index is 10.6. The quantitative estimate of drug-likeness (QED) is 0.939. The molecule has 1 heterocycles. The molecule has 2 aromatic carbocycles. The van der Waals surface area contributed by atoms with E-state index in [0.717, 1.165) is 16.7 Å². The van der Waals surface area contributed by atoms with Gasteiger partial charge in [0, 0.05) is 6.07 Å². The Morgan fingerprint density at radius 3 is 2.24 bits per heavy atom. The van der Waals surface area contributed by atoms with Gasteiger partial charge in [-0.25, -0.2) is 0 Å². The van der Waals surface area contributed by atoms with Crippen molar-refractivity contribution in [2.75, 3.05) is 14.2 Å². The third-order valence-electron chi connectivity index (χ3n) is 3.75. The lowest BCUT2D eigenvalue weighted by Crippen LogP contribution is -2.02. The topological polar surface area (TPSA) is 47.9 Å². The third-order valence-corrected chi connectivity index (χ3v) is 3.75. The van der Waals surface area contributed by atoms with Gasteiger partial charge < -0.3 is 19.3 Å². The van der Waals surface area contributed by atoms with Gasteiger partial charge in [-0.3, -0.25) is 0 Å². The highest BCUT2D eigenvalue weighted by Gasteiger charge is 2.17. The molecule has 3 rings (SSSR count). The Kier molecular flexibility index (Phi) is 3.82. The average Bonchev–Trinajstić information content (AvgIpc) is 3.01. The van der Waals surface area contributed by atoms with Crippen LogP contribution in [-0.4, -0.2) is 19.3 Å². The summed E-state index contributed by atoms with van der Waals surface area (Å²) < 4.78 is 15.9. The van der Waals surface area contributed by atoms with Crippen LogP contribution in [0.3, 0.4) is 0 Å². The zero-order valence-electron chi connectivity index (χ0n) is 12.1. The van der Waals surface area contributed by atoms with Crippen LogP contribution in [0, 0.1) is 0 Å². The Labute approximate surface area is 123 Å². The molecule has 0 aliphatic carbocycles. The summed E-state index contributed by atoms with van der Waals surface area (Å²) in [4.78, 5) is 0. The highest BCUT2D eigenvalue weighted by Crippen LogP contribution is 2.31. The van der Waals surface area contributed by atoms with Gasteiger partial charge in [-0.2, -0.15) is 0 Å². The summed E-state index contributed by atoms with van der Waals surface area (Å²) in [5.41, 5.74) is 3.91. The second-order valence-electron chi connectivity index (χ2n) is 5.07. The Hall–Kier alpha value is -2.04. The van der Waals surface area contributed by atoms with Crippen molar-refractivity contribution in [3.8, 4) is 11.5 Å². The number of aliphatic hydroxyl groups is 1. The summed E-state index contributed by atoms with van der Waals surface area (Å²) in [6, 6.07) is 11.4. The monoisotopic (exact) mass is 286 g/mol. The first-order valence-corrected chi connectivity index (χ1v) is 6.81. The second-order valence-corrected chi connectivity index (χ2v) is 5.07. The van der Waals surface area contributed by atoms with Crippen LogP contribution in [0.2, 0.25) is 0 Å². The van der Waals surface area contributed by atoms with E-state index in [4.69, 9.17) is 14.2 Å². The van der Waals surface area contributed by atoms with Gasteiger partial charge in [0.2, 0.25) is 0 Å². The molecule has 0 saturated carbocycles. The minimum Gasteiger partial charge on any atom is -0.497 e.